The highest BCUT2D eigenvalue weighted by Gasteiger charge is 2.19. The molecule has 1 aliphatic heterocycles. The Morgan fingerprint density at radius 1 is 1.00 bits per heavy atom. The smallest absolute Gasteiger partial charge is 0.173 e. The topological polar surface area (TPSA) is 18.5 Å². The molecule has 0 amide bonds. The molecule has 0 aliphatic carbocycles. The average Bonchev–Trinajstić information content (AvgIpc) is 2.61. The highest BCUT2D eigenvalue weighted by molar-refractivity contribution is 7.80. The first-order valence-electron chi connectivity index (χ1n) is 7.99. The van der Waals surface area contributed by atoms with Crippen molar-refractivity contribution in [2.45, 2.75) is 6.54 Å². The Bertz CT molecular complexity index is 746. The highest BCUT2D eigenvalue weighted by Crippen LogP contribution is 2.25. The summed E-state index contributed by atoms with van der Waals surface area (Å²) in [5.41, 5.74) is 1.94. The van der Waals surface area contributed by atoms with Crippen LogP contribution in [0.25, 0.3) is 0 Å². The third-order valence-corrected chi connectivity index (χ3v) is 5.25. The molecule has 25 heavy (non-hydrogen) atoms. The number of benzene rings is 2. The van der Waals surface area contributed by atoms with Crippen molar-refractivity contribution < 1.29 is 4.39 Å². The molecular formula is C18H18Cl2FN3S. The SMILES string of the molecule is Fc1ccc(CN2CCN(C(=S)Nc3ccc(Cl)c(Cl)c3)CC2)cc1. The van der Waals surface area contributed by atoms with Crippen molar-refractivity contribution in [1.82, 2.24) is 9.80 Å². The summed E-state index contributed by atoms with van der Waals surface area (Å²) >= 11 is 17.5. The molecule has 0 atom stereocenters. The molecule has 2 aromatic rings. The van der Waals surface area contributed by atoms with Gasteiger partial charge in [-0.3, -0.25) is 4.90 Å². The molecule has 3 nitrogen and oxygen atoms in total. The van der Waals surface area contributed by atoms with Crippen molar-refractivity contribution in [2.24, 2.45) is 0 Å². The van der Waals surface area contributed by atoms with Crippen molar-refractivity contribution in [3.63, 3.8) is 0 Å². The summed E-state index contributed by atoms with van der Waals surface area (Å²) < 4.78 is 13.0. The molecule has 132 valence electrons. The van der Waals surface area contributed by atoms with Gasteiger partial charge in [0.05, 0.1) is 10.0 Å². The molecule has 0 aromatic heterocycles. The maximum atomic E-state index is 13.0. The zero-order chi connectivity index (χ0) is 17.8. The van der Waals surface area contributed by atoms with Crippen molar-refractivity contribution >= 4 is 46.2 Å². The Balaban J connectivity index is 1.50. The van der Waals surface area contributed by atoms with E-state index in [0.29, 0.717) is 15.2 Å². The van der Waals surface area contributed by atoms with Gasteiger partial charge in [0.1, 0.15) is 5.82 Å². The quantitative estimate of drug-likeness (QED) is 0.759. The van der Waals surface area contributed by atoms with Crippen molar-refractivity contribution in [1.29, 1.82) is 0 Å². The van der Waals surface area contributed by atoms with E-state index in [9.17, 15) is 4.39 Å². The monoisotopic (exact) mass is 397 g/mol. The van der Waals surface area contributed by atoms with Crippen LogP contribution in [0, 0.1) is 5.82 Å². The summed E-state index contributed by atoms with van der Waals surface area (Å²) in [5, 5.41) is 4.90. The van der Waals surface area contributed by atoms with E-state index < -0.39 is 0 Å². The second-order valence-electron chi connectivity index (χ2n) is 5.95. The predicted molar refractivity (Wildman–Crippen MR) is 106 cm³/mol. The van der Waals surface area contributed by atoms with Crippen molar-refractivity contribution in [2.75, 3.05) is 31.5 Å². The van der Waals surface area contributed by atoms with E-state index in [1.165, 1.54) is 12.1 Å². The number of piperazine rings is 1. The molecule has 0 spiro atoms. The van der Waals surface area contributed by atoms with E-state index in [1.807, 2.05) is 18.2 Å². The second kappa shape index (κ2) is 8.32. The van der Waals surface area contributed by atoms with Gasteiger partial charge in [-0.2, -0.15) is 0 Å². The van der Waals surface area contributed by atoms with Crippen LogP contribution in [0.4, 0.5) is 10.1 Å². The lowest BCUT2D eigenvalue weighted by atomic mass is 10.2. The van der Waals surface area contributed by atoms with E-state index in [-0.39, 0.29) is 5.82 Å². The summed E-state index contributed by atoms with van der Waals surface area (Å²) in [6, 6.07) is 12.0. The molecule has 1 aliphatic rings. The maximum absolute atomic E-state index is 13.0. The normalized spacial score (nSPS) is 15.2. The lowest BCUT2D eigenvalue weighted by Crippen LogP contribution is -2.49. The number of hydrogen-bond acceptors (Lipinski definition) is 2. The molecule has 1 saturated heterocycles. The minimum Gasteiger partial charge on any atom is -0.346 e. The van der Waals surface area contributed by atoms with Crippen molar-refractivity contribution in [3.8, 4) is 0 Å². The van der Waals surface area contributed by atoms with Crippen LogP contribution in [0.2, 0.25) is 10.0 Å². The number of nitrogens with zero attached hydrogens (tertiary/aromatic N) is 2. The molecular weight excluding hydrogens is 380 g/mol. The number of thiocarbonyl (C=S) groups is 1. The van der Waals surface area contributed by atoms with Gasteiger partial charge in [0.2, 0.25) is 0 Å². The fourth-order valence-electron chi connectivity index (χ4n) is 2.73. The molecule has 0 unspecified atom stereocenters. The van der Waals surface area contributed by atoms with Crippen LogP contribution in [-0.2, 0) is 6.54 Å². The van der Waals surface area contributed by atoms with Crippen LogP contribution in [0.5, 0.6) is 0 Å². The number of nitrogens with one attached hydrogen (secondary N) is 1. The van der Waals surface area contributed by atoms with Crippen molar-refractivity contribution in [3.05, 3.63) is 63.9 Å². The van der Waals surface area contributed by atoms with E-state index in [1.54, 1.807) is 12.1 Å². The van der Waals surface area contributed by atoms with Crippen LogP contribution >= 0.6 is 35.4 Å². The van der Waals surface area contributed by atoms with E-state index >= 15 is 0 Å². The minimum absolute atomic E-state index is 0.202. The number of hydrogen-bond donors (Lipinski definition) is 1. The molecule has 1 fully saturated rings. The Labute approximate surface area is 162 Å². The van der Waals surface area contributed by atoms with Crippen LogP contribution in [0.1, 0.15) is 5.56 Å². The molecule has 0 radical (unpaired) electrons. The van der Waals surface area contributed by atoms with Gasteiger partial charge in [0, 0.05) is 38.4 Å². The van der Waals surface area contributed by atoms with Gasteiger partial charge in [-0.25, -0.2) is 4.39 Å². The van der Waals surface area contributed by atoms with Gasteiger partial charge >= 0.3 is 0 Å². The maximum Gasteiger partial charge on any atom is 0.173 e. The van der Waals surface area contributed by atoms with Gasteiger partial charge in [0.15, 0.2) is 5.11 Å². The lowest BCUT2D eigenvalue weighted by molar-refractivity contribution is 0.177. The molecule has 0 saturated carbocycles. The van der Waals surface area contributed by atoms with Gasteiger partial charge in [0.25, 0.3) is 0 Å². The molecule has 3 rings (SSSR count). The predicted octanol–water partition coefficient (Wildman–Crippen LogP) is 4.65. The molecule has 1 N–H and O–H groups in total. The van der Waals surface area contributed by atoms with Crippen LogP contribution in [0.15, 0.2) is 42.5 Å². The van der Waals surface area contributed by atoms with Gasteiger partial charge < -0.3 is 10.2 Å². The zero-order valence-corrected chi connectivity index (χ0v) is 15.8. The largest absolute Gasteiger partial charge is 0.346 e. The minimum atomic E-state index is -0.202. The summed E-state index contributed by atoms with van der Waals surface area (Å²) in [6.07, 6.45) is 0. The van der Waals surface area contributed by atoms with Crippen LogP contribution < -0.4 is 5.32 Å². The van der Waals surface area contributed by atoms with Crippen LogP contribution in [0.3, 0.4) is 0 Å². The van der Waals surface area contributed by atoms with Gasteiger partial charge in [-0.05, 0) is 48.1 Å². The molecule has 7 heteroatoms. The fourth-order valence-corrected chi connectivity index (χ4v) is 3.33. The van der Waals surface area contributed by atoms with E-state index in [0.717, 1.165) is 44.0 Å². The summed E-state index contributed by atoms with van der Waals surface area (Å²) in [7, 11) is 0. The first-order valence-corrected chi connectivity index (χ1v) is 9.15. The third kappa shape index (κ3) is 5.05. The summed E-state index contributed by atoms with van der Waals surface area (Å²) in [6.45, 7) is 4.31. The average molecular weight is 398 g/mol. The number of halogens is 3. The first kappa shape index (κ1) is 18.4. The first-order chi connectivity index (χ1) is 12.0. The van der Waals surface area contributed by atoms with E-state index in [4.69, 9.17) is 35.4 Å². The molecule has 0 bridgehead atoms. The Morgan fingerprint density at radius 3 is 2.32 bits per heavy atom. The third-order valence-electron chi connectivity index (χ3n) is 4.15. The summed E-state index contributed by atoms with van der Waals surface area (Å²) in [4.78, 5) is 4.48. The fraction of sp³-hybridized carbons (Fsp3) is 0.278. The Morgan fingerprint density at radius 2 is 1.68 bits per heavy atom. The highest BCUT2D eigenvalue weighted by atomic mass is 35.5. The van der Waals surface area contributed by atoms with Crippen LogP contribution in [-0.4, -0.2) is 41.1 Å². The van der Waals surface area contributed by atoms with Gasteiger partial charge in [-0.15, -0.1) is 0 Å². The number of anilines is 1. The standard InChI is InChI=1S/C18H18Cl2FN3S/c19-16-6-5-15(11-17(16)20)22-18(25)24-9-7-23(8-10-24)12-13-1-3-14(21)4-2-13/h1-6,11H,7-10,12H2,(H,22,25). The molecule has 1 heterocycles. The Kier molecular flexibility index (Phi) is 6.12. The molecule has 2 aromatic carbocycles. The summed E-state index contributed by atoms with van der Waals surface area (Å²) in [5.74, 6) is -0.202. The Hall–Kier alpha value is -1.40. The number of rotatable bonds is 3. The van der Waals surface area contributed by atoms with Gasteiger partial charge in [-0.1, -0.05) is 35.3 Å². The zero-order valence-electron chi connectivity index (χ0n) is 13.5. The lowest BCUT2D eigenvalue weighted by Gasteiger charge is -2.36. The second-order valence-corrected chi connectivity index (χ2v) is 7.15. The van der Waals surface area contributed by atoms with E-state index in [2.05, 4.69) is 15.1 Å².